The van der Waals surface area contributed by atoms with E-state index in [0.29, 0.717) is 11.6 Å². The third-order valence-electron chi connectivity index (χ3n) is 6.62. The van der Waals surface area contributed by atoms with Crippen molar-refractivity contribution >= 4 is 46.8 Å². The van der Waals surface area contributed by atoms with Gasteiger partial charge in [-0.15, -0.1) is 6.58 Å². The maximum Gasteiger partial charge on any atom is 0.413 e. The number of hydrogen-bond donors (Lipinski definition) is 2. The van der Waals surface area contributed by atoms with E-state index in [2.05, 4.69) is 17.4 Å². The predicted octanol–water partition coefficient (Wildman–Crippen LogP) is 6.36. The molecule has 2 aromatic rings. The van der Waals surface area contributed by atoms with E-state index in [1.165, 1.54) is 11.0 Å². The average molecular weight is 654 g/mol. The number of carbonyl (C=O) groups excluding carboxylic acids is 3. The van der Waals surface area contributed by atoms with Crippen molar-refractivity contribution in [3.63, 3.8) is 0 Å². The monoisotopic (exact) mass is 652 g/mol. The molecule has 2 N–H and O–H groups in total. The second kappa shape index (κ2) is 14.0. The lowest BCUT2D eigenvalue weighted by Crippen LogP contribution is -2.51. The summed E-state index contributed by atoms with van der Waals surface area (Å²) in [7, 11) is 0. The number of rotatable bonds is 9. The highest BCUT2D eigenvalue weighted by Gasteiger charge is 2.46. The van der Waals surface area contributed by atoms with Gasteiger partial charge in [0.15, 0.2) is 11.6 Å². The van der Waals surface area contributed by atoms with Crippen LogP contribution in [0.4, 0.5) is 14.9 Å². The lowest BCUT2D eigenvalue weighted by molar-refractivity contribution is -0.0637. The van der Waals surface area contributed by atoms with Crippen molar-refractivity contribution in [2.45, 2.75) is 71.9 Å². The maximum absolute atomic E-state index is 15.0. The first-order valence-corrected chi connectivity index (χ1v) is 14.8. The van der Waals surface area contributed by atoms with Crippen molar-refractivity contribution < 1.29 is 33.0 Å². The summed E-state index contributed by atoms with van der Waals surface area (Å²) >= 11 is 12.7. The van der Waals surface area contributed by atoms with E-state index in [4.69, 9.17) is 37.4 Å². The molecule has 1 aliphatic heterocycles. The van der Waals surface area contributed by atoms with E-state index in [1.807, 2.05) is 18.7 Å². The standard InChI is InChI=1S/C31H39Cl2FN4O6/c1-9-12-37(18(2)3)25-11-10-19(13-23(25)33)27(39)35-36-28(40)21-14-24(34)26(15-22(21)32)42-16-20-17-43-31(7,8)38(20)29(41)44-30(4,5)6/h9-11,13-15,18,20H,1,12,16-17H2,2-8H3,(H,35,39)(H,36,40). The molecule has 1 saturated heterocycles. The zero-order valence-corrected chi connectivity index (χ0v) is 27.4. The van der Waals surface area contributed by atoms with Crippen molar-refractivity contribution in [3.8, 4) is 5.75 Å². The van der Waals surface area contributed by atoms with E-state index in [1.54, 1.807) is 52.8 Å². The minimum absolute atomic E-state index is 0.122. The van der Waals surface area contributed by atoms with Gasteiger partial charge in [-0.1, -0.05) is 29.3 Å². The van der Waals surface area contributed by atoms with E-state index >= 15 is 4.39 Å². The number of ether oxygens (including phenoxy) is 3. The van der Waals surface area contributed by atoms with Gasteiger partial charge in [0.1, 0.15) is 17.9 Å². The lowest BCUT2D eigenvalue weighted by atomic mass is 10.1. The highest BCUT2D eigenvalue weighted by Crippen LogP contribution is 2.32. The van der Waals surface area contributed by atoms with Crippen LogP contribution in [-0.2, 0) is 9.47 Å². The van der Waals surface area contributed by atoms with E-state index in [9.17, 15) is 14.4 Å². The fourth-order valence-electron chi connectivity index (χ4n) is 4.55. The molecule has 3 amide bonds. The van der Waals surface area contributed by atoms with Crippen molar-refractivity contribution in [2.24, 2.45) is 0 Å². The van der Waals surface area contributed by atoms with Gasteiger partial charge in [-0.3, -0.25) is 25.3 Å². The molecule has 1 unspecified atom stereocenters. The molecule has 240 valence electrons. The van der Waals surface area contributed by atoms with Crippen molar-refractivity contribution in [1.29, 1.82) is 0 Å². The Hall–Kier alpha value is -3.54. The summed E-state index contributed by atoms with van der Waals surface area (Å²) < 4.78 is 31.9. The van der Waals surface area contributed by atoms with Crippen LogP contribution < -0.4 is 20.5 Å². The van der Waals surface area contributed by atoms with Crippen LogP contribution in [0.1, 0.15) is 69.2 Å². The Balaban J connectivity index is 1.65. The topological polar surface area (TPSA) is 109 Å². The molecule has 44 heavy (non-hydrogen) atoms. The Kier molecular flexibility index (Phi) is 11.2. The average Bonchev–Trinajstić information content (AvgIpc) is 3.23. The molecule has 13 heteroatoms. The SMILES string of the molecule is C=CCN(c1ccc(C(=O)NNC(=O)c2cc(F)c(OCC3COC(C)(C)N3C(=O)OC(C)(C)C)cc2Cl)cc1Cl)C(C)C. The highest BCUT2D eigenvalue weighted by molar-refractivity contribution is 6.34. The summed E-state index contributed by atoms with van der Waals surface area (Å²) in [5, 5.41) is 0.228. The Morgan fingerprint density at radius 1 is 1.16 bits per heavy atom. The molecule has 2 aromatic carbocycles. The zero-order chi connectivity index (χ0) is 33.0. The first-order chi connectivity index (χ1) is 20.4. The largest absolute Gasteiger partial charge is 0.488 e. The molecule has 0 aliphatic carbocycles. The summed E-state index contributed by atoms with van der Waals surface area (Å²) in [6.45, 7) is 17.0. The first kappa shape index (κ1) is 34.9. The van der Waals surface area contributed by atoms with Gasteiger partial charge in [0.2, 0.25) is 0 Å². The Morgan fingerprint density at radius 3 is 2.41 bits per heavy atom. The molecule has 3 rings (SSSR count). The minimum atomic E-state index is -0.966. The van der Waals surface area contributed by atoms with Gasteiger partial charge in [-0.05, 0) is 72.7 Å². The molecule has 0 aromatic heterocycles. The second-order valence-electron chi connectivity index (χ2n) is 11.9. The van der Waals surface area contributed by atoms with Crippen LogP contribution in [0.15, 0.2) is 43.0 Å². The molecule has 10 nitrogen and oxygen atoms in total. The highest BCUT2D eigenvalue weighted by atomic mass is 35.5. The number of amides is 3. The van der Waals surface area contributed by atoms with Crippen molar-refractivity contribution in [3.05, 3.63) is 70.0 Å². The van der Waals surface area contributed by atoms with Crippen LogP contribution in [-0.4, -0.2) is 66.0 Å². The number of halogens is 3. The van der Waals surface area contributed by atoms with Gasteiger partial charge < -0.3 is 19.1 Å². The summed E-state index contributed by atoms with van der Waals surface area (Å²) in [6, 6.07) is 6.37. The second-order valence-corrected chi connectivity index (χ2v) is 12.8. The van der Waals surface area contributed by atoms with Crippen LogP contribution in [0.2, 0.25) is 10.0 Å². The van der Waals surface area contributed by atoms with E-state index in [0.717, 1.165) is 17.8 Å². The molecule has 1 heterocycles. The van der Waals surface area contributed by atoms with Crippen LogP contribution >= 0.6 is 23.2 Å². The molecule has 0 spiro atoms. The molecule has 0 radical (unpaired) electrons. The van der Waals surface area contributed by atoms with Gasteiger partial charge in [0.05, 0.1) is 33.9 Å². The number of nitrogens with one attached hydrogen (secondary N) is 2. The summed E-state index contributed by atoms with van der Waals surface area (Å²) in [5.41, 5.74) is 3.51. The van der Waals surface area contributed by atoms with Crippen LogP contribution in [0.3, 0.4) is 0 Å². The molecular formula is C31H39Cl2FN4O6. The predicted molar refractivity (Wildman–Crippen MR) is 168 cm³/mol. The molecule has 1 aliphatic rings. The zero-order valence-electron chi connectivity index (χ0n) is 25.9. The third-order valence-corrected chi connectivity index (χ3v) is 7.24. The molecule has 1 atom stereocenters. The normalized spacial score (nSPS) is 16.0. The quantitative estimate of drug-likeness (QED) is 0.240. The number of anilines is 1. The van der Waals surface area contributed by atoms with Crippen molar-refractivity contribution in [1.82, 2.24) is 15.8 Å². The summed E-state index contributed by atoms with van der Waals surface area (Å²) in [6.07, 6.45) is 1.16. The fraction of sp³-hybridized carbons (Fsp3) is 0.452. The van der Waals surface area contributed by atoms with Gasteiger partial charge >= 0.3 is 6.09 Å². The molecule has 0 bridgehead atoms. The summed E-state index contributed by atoms with van der Waals surface area (Å²) in [4.78, 5) is 41.7. The van der Waals surface area contributed by atoms with Crippen LogP contribution in [0.25, 0.3) is 0 Å². The fourth-order valence-corrected chi connectivity index (χ4v) is 5.07. The Bertz CT molecular complexity index is 1410. The Morgan fingerprint density at radius 2 is 1.82 bits per heavy atom. The number of hydrazine groups is 1. The first-order valence-electron chi connectivity index (χ1n) is 14.0. The molecular weight excluding hydrogens is 614 g/mol. The third kappa shape index (κ3) is 8.55. The lowest BCUT2D eigenvalue weighted by Gasteiger charge is -2.35. The number of carbonyl (C=O) groups is 3. The Labute approximate surface area is 267 Å². The number of hydrogen-bond acceptors (Lipinski definition) is 7. The van der Waals surface area contributed by atoms with E-state index in [-0.39, 0.29) is 41.2 Å². The van der Waals surface area contributed by atoms with Crippen LogP contribution in [0.5, 0.6) is 5.75 Å². The van der Waals surface area contributed by atoms with Crippen LogP contribution in [0, 0.1) is 5.82 Å². The maximum atomic E-state index is 15.0. The summed E-state index contributed by atoms with van der Waals surface area (Å²) in [5.74, 6) is -2.59. The molecule has 0 saturated carbocycles. The van der Waals surface area contributed by atoms with Gasteiger partial charge in [0, 0.05) is 24.2 Å². The van der Waals surface area contributed by atoms with Gasteiger partial charge in [-0.2, -0.15) is 0 Å². The minimum Gasteiger partial charge on any atom is -0.488 e. The van der Waals surface area contributed by atoms with Crippen molar-refractivity contribution in [2.75, 3.05) is 24.7 Å². The van der Waals surface area contributed by atoms with Gasteiger partial charge in [0.25, 0.3) is 11.8 Å². The van der Waals surface area contributed by atoms with Gasteiger partial charge in [-0.25, -0.2) is 9.18 Å². The molecule has 1 fully saturated rings. The smallest absolute Gasteiger partial charge is 0.413 e. The number of nitrogens with zero attached hydrogens (tertiary/aromatic N) is 2. The van der Waals surface area contributed by atoms with E-state index < -0.39 is 41.1 Å². The number of benzene rings is 2.